The molecule has 0 aliphatic rings. The summed E-state index contributed by atoms with van der Waals surface area (Å²) < 4.78 is 28.1. The molecule has 0 radical (unpaired) electrons. The van der Waals surface area contributed by atoms with Crippen LogP contribution >= 0.6 is 0 Å². The number of benzene rings is 1. The lowest BCUT2D eigenvalue weighted by Crippen LogP contribution is -1.95. The average molecular weight is 236 g/mol. The third-order valence-electron chi connectivity index (χ3n) is 2.42. The topological polar surface area (TPSA) is 34.9 Å². The van der Waals surface area contributed by atoms with Gasteiger partial charge in [-0.3, -0.25) is 9.48 Å². The van der Waals surface area contributed by atoms with Gasteiger partial charge in [0.05, 0.1) is 5.56 Å². The highest BCUT2D eigenvalue weighted by molar-refractivity contribution is 5.85. The summed E-state index contributed by atoms with van der Waals surface area (Å²) in [6, 6.07) is 3.07. The van der Waals surface area contributed by atoms with E-state index in [9.17, 15) is 13.6 Å². The molecule has 0 unspecified atom stereocenters. The second-order valence-corrected chi connectivity index (χ2v) is 3.53. The molecule has 0 aliphatic heterocycles. The van der Waals surface area contributed by atoms with Gasteiger partial charge in [0, 0.05) is 18.3 Å². The summed E-state index contributed by atoms with van der Waals surface area (Å²) in [5.41, 5.74) is 0.412. The zero-order chi connectivity index (χ0) is 12.4. The number of halogens is 2. The third kappa shape index (κ3) is 2.08. The van der Waals surface area contributed by atoms with Crippen molar-refractivity contribution in [1.29, 1.82) is 0 Å². The maximum atomic E-state index is 13.6. The van der Waals surface area contributed by atoms with Gasteiger partial charge in [0.15, 0.2) is 6.29 Å². The Morgan fingerprint density at radius 3 is 2.82 bits per heavy atom. The molecule has 88 valence electrons. The largest absolute Gasteiger partial charge is 0.298 e. The van der Waals surface area contributed by atoms with E-state index in [1.54, 1.807) is 0 Å². The Kier molecular flexibility index (Phi) is 2.99. The Morgan fingerprint density at radius 1 is 1.41 bits per heavy atom. The predicted octanol–water partition coefficient (Wildman–Crippen LogP) is 2.66. The zero-order valence-corrected chi connectivity index (χ0v) is 9.15. The molecule has 2 aromatic rings. The van der Waals surface area contributed by atoms with E-state index < -0.39 is 11.6 Å². The van der Waals surface area contributed by atoms with Gasteiger partial charge in [0.1, 0.15) is 17.3 Å². The van der Waals surface area contributed by atoms with E-state index in [1.807, 2.05) is 6.92 Å². The van der Waals surface area contributed by atoms with E-state index in [0.29, 0.717) is 12.8 Å². The lowest BCUT2D eigenvalue weighted by atomic mass is 10.1. The molecule has 2 rings (SSSR count). The Bertz CT molecular complexity index is 564. The van der Waals surface area contributed by atoms with Gasteiger partial charge in [-0.1, -0.05) is 0 Å². The van der Waals surface area contributed by atoms with E-state index in [1.165, 1.54) is 10.9 Å². The van der Waals surface area contributed by atoms with Gasteiger partial charge in [0.2, 0.25) is 0 Å². The Balaban J connectivity index is 2.62. The van der Waals surface area contributed by atoms with Gasteiger partial charge >= 0.3 is 0 Å². The molecule has 0 N–H and O–H groups in total. The smallest absolute Gasteiger partial charge is 0.153 e. The fourth-order valence-corrected chi connectivity index (χ4v) is 1.57. The summed E-state index contributed by atoms with van der Waals surface area (Å²) in [5, 5.41) is 4.05. The van der Waals surface area contributed by atoms with Gasteiger partial charge < -0.3 is 0 Å². The van der Waals surface area contributed by atoms with E-state index in [2.05, 4.69) is 5.10 Å². The summed E-state index contributed by atoms with van der Waals surface area (Å²) in [6.07, 6.45) is 2.09. The maximum absolute atomic E-state index is 13.6. The molecule has 0 atom stereocenters. The average Bonchev–Trinajstić information content (AvgIpc) is 2.75. The predicted molar refractivity (Wildman–Crippen MR) is 58.6 cm³/mol. The van der Waals surface area contributed by atoms with Gasteiger partial charge in [-0.25, -0.2) is 8.78 Å². The first-order valence-electron chi connectivity index (χ1n) is 5.13. The van der Waals surface area contributed by atoms with Gasteiger partial charge in [-0.05, 0) is 25.1 Å². The van der Waals surface area contributed by atoms with Crippen molar-refractivity contribution in [2.75, 3.05) is 0 Å². The molecule has 1 aromatic carbocycles. The number of rotatable bonds is 3. The minimum Gasteiger partial charge on any atom is -0.298 e. The molecule has 0 spiro atoms. The van der Waals surface area contributed by atoms with Crippen LogP contribution in [0.15, 0.2) is 24.4 Å². The van der Waals surface area contributed by atoms with Crippen LogP contribution in [-0.4, -0.2) is 16.1 Å². The Hall–Kier alpha value is -2.04. The highest BCUT2D eigenvalue weighted by atomic mass is 19.1. The number of carbonyl (C=O) groups excluding carboxylic acids is 1. The fraction of sp³-hybridized carbons (Fsp3) is 0.167. The molecule has 0 fully saturated rings. The number of hydrogen-bond acceptors (Lipinski definition) is 2. The van der Waals surface area contributed by atoms with Crippen LogP contribution in [-0.2, 0) is 6.54 Å². The second-order valence-electron chi connectivity index (χ2n) is 3.53. The minimum absolute atomic E-state index is 0.000648. The van der Waals surface area contributed by atoms with Crippen molar-refractivity contribution in [3.63, 3.8) is 0 Å². The molecule has 0 aliphatic carbocycles. The van der Waals surface area contributed by atoms with Crippen LogP contribution in [0.4, 0.5) is 8.78 Å². The number of aryl methyl sites for hydroxylation is 1. The van der Waals surface area contributed by atoms with E-state index in [0.717, 1.165) is 18.2 Å². The monoisotopic (exact) mass is 236 g/mol. The van der Waals surface area contributed by atoms with E-state index in [4.69, 9.17) is 0 Å². The summed E-state index contributed by atoms with van der Waals surface area (Å²) in [7, 11) is 0. The molecular formula is C12H10F2N2O. The van der Waals surface area contributed by atoms with Gasteiger partial charge in [0.25, 0.3) is 0 Å². The first kappa shape index (κ1) is 11.4. The van der Waals surface area contributed by atoms with Gasteiger partial charge in [-0.2, -0.15) is 5.10 Å². The normalized spacial score (nSPS) is 10.5. The number of carbonyl (C=O) groups is 1. The van der Waals surface area contributed by atoms with Crippen molar-refractivity contribution >= 4 is 6.29 Å². The van der Waals surface area contributed by atoms with Crippen LogP contribution < -0.4 is 0 Å². The molecule has 1 aromatic heterocycles. The molecule has 0 amide bonds. The molecule has 0 saturated carbocycles. The first-order valence-corrected chi connectivity index (χ1v) is 5.13. The first-order chi connectivity index (χ1) is 8.15. The van der Waals surface area contributed by atoms with E-state index >= 15 is 0 Å². The molecule has 0 saturated heterocycles. The van der Waals surface area contributed by atoms with Crippen molar-refractivity contribution in [3.05, 3.63) is 41.6 Å². The molecule has 17 heavy (non-hydrogen) atoms. The highest BCUT2D eigenvalue weighted by Crippen LogP contribution is 2.24. The van der Waals surface area contributed by atoms with Crippen molar-refractivity contribution in [1.82, 2.24) is 9.78 Å². The molecule has 5 heteroatoms. The quantitative estimate of drug-likeness (QED) is 0.768. The zero-order valence-electron chi connectivity index (χ0n) is 9.15. The molecule has 3 nitrogen and oxygen atoms in total. The summed E-state index contributed by atoms with van der Waals surface area (Å²) >= 11 is 0. The summed E-state index contributed by atoms with van der Waals surface area (Å²) in [4.78, 5) is 10.9. The van der Waals surface area contributed by atoms with Crippen LogP contribution in [0.3, 0.4) is 0 Å². The van der Waals surface area contributed by atoms with E-state index in [-0.39, 0.29) is 16.8 Å². The standard InChI is InChI=1S/C12H10F2N2O/c1-2-16-6-8(7-17)12(15-16)10-5-9(13)3-4-11(10)14/h3-7H,2H2,1H3. The number of hydrogen-bond donors (Lipinski definition) is 0. The lowest BCUT2D eigenvalue weighted by Gasteiger charge is -2.00. The minimum atomic E-state index is -0.601. The van der Waals surface area contributed by atoms with Gasteiger partial charge in [-0.15, -0.1) is 0 Å². The summed E-state index contributed by atoms with van der Waals surface area (Å²) in [6.45, 7) is 2.39. The van der Waals surface area contributed by atoms with Crippen LogP contribution in [0, 0.1) is 11.6 Å². The van der Waals surface area contributed by atoms with Crippen molar-refractivity contribution in [3.8, 4) is 11.3 Å². The van der Waals surface area contributed by atoms with Crippen molar-refractivity contribution < 1.29 is 13.6 Å². The highest BCUT2D eigenvalue weighted by Gasteiger charge is 2.14. The third-order valence-corrected chi connectivity index (χ3v) is 2.42. The molecular weight excluding hydrogens is 226 g/mol. The number of nitrogens with zero attached hydrogens (tertiary/aromatic N) is 2. The van der Waals surface area contributed by atoms with Crippen LogP contribution in [0.5, 0.6) is 0 Å². The fourth-order valence-electron chi connectivity index (χ4n) is 1.57. The van der Waals surface area contributed by atoms with Crippen LogP contribution in [0.25, 0.3) is 11.3 Å². The lowest BCUT2D eigenvalue weighted by molar-refractivity contribution is 0.112. The van der Waals surface area contributed by atoms with Crippen molar-refractivity contribution in [2.45, 2.75) is 13.5 Å². The second kappa shape index (κ2) is 4.45. The maximum Gasteiger partial charge on any atom is 0.153 e. The Labute approximate surface area is 96.7 Å². The molecule has 1 heterocycles. The summed E-state index contributed by atoms with van der Waals surface area (Å²) in [5.74, 6) is -1.17. The SMILES string of the molecule is CCn1cc(C=O)c(-c2cc(F)ccc2F)n1. The van der Waals surface area contributed by atoms with Crippen LogP contribution in [0.1, 0.15) is 17.3 Å². The van der Waals surface area contributed by atoms with Crippen molar-refractivity contribution in [2.24, 2.45) is 0 Å². The molecule has 0 bridgehead atoms. The Morgan fingerprint density at radius 2 is 2.18 bits per heavy atom. The number of aromatic nitrogens is 2. The number of aldehydes is 1. The van der Waals surface area contributed by atoms with Crippen LogP contribution in [0.2, 0.25) is 0 Å².